The van der Waals surface area contributed by atoms with Crippen molar-refractivity contribution in [2.75, 3.05) is 12.8 Å². The van der Waals surface area contributed by atoms with Gasteiger partial charge in [-0.3, -0.25) is 4.79 Å². The molecule has 1 aliphatic rings. The molecule has 0 atom stereocenters. The van der Waals surface area contributed by atoms with E-state index in [1.807, 2.05) is 0 Å². The highest BCUT2D eigenvalue weighted by atomic mass is 32.2. The molecule has 16 heteroatoms. The van der Waals surface area contributed by atoms with E-state index in [9.17, 15) is 52.4 Å². The van der Waals surface area contributed by atoms with Gasteiger partial charge in [-0.2, -0.15) is 26.3 Å². The van der Waals surface area contributed by atoms with Crippen LogP contribution in [0.5, 0.6) is 0 Å². The van der Waals surface area contributed by atoms with Crippen molar-refractivity contribution >= 4 is 25.6 Å². The molecule has 198 valence electrons. The Morgan fingerprint density at radius 3 is 2.08 bits per heavy atom. The van der Waals surface area contributed by atoms with E-state index >= 15 is 0 Å². The first-order chi connectivity index (χ1) is 16.3. The van der Waals surface area contributed by atoms with Gasteiger partial charge >= 0.3 is 12.4 Å². The third-order valence-electron chi connectivity index (χ3n) is 5.50. The molecule has 7 nitrogen and oxygen atoms in total. The molecule has 0 unspecified atom stereocenters. The molecule has 0 bridgehead atoms. The second-order valence-corrected chi connectivity index (χ2v) is 12.4. The second kappa shape index (κ2) is 9.28. The first-order valence-electron chi connectivity index (χ1n) is 9.97. The molecule has 0 spiro atoms. The van der Waals surface area contributed by atoms with Crippen LogP contribution in [0.15, 0.2) is 40.3 Å². The van der Waals surface area contributed by atoms with Crippen molar-refractivity contribution in [2.24, 2.45) is 5.92 Å². The lowest BCUT2D eigenvalue weighted by Crippen LogP contribution is -2.42. The Bertz CT molecular complexity index is 1400. The van der Waals surface area contributed by atoms with Crippen LogP contribution in [0.1, 0.15) is 34.5 Å². The van der Waals surface area contributed by atoms with Crippen LogP contribution in [0.4, 0.5) is 30.7 Å². The van der Waals surface area contributed by atoms with Gasteiger partial charge in [-0.15, -0.1) is 0 Å². The molecular formula is C20H17F7N2O5S2. The van der Waals surface area contributed by atoms with Crippen molar-refractivity contribution in [2.45, 2.75) is 40.2 Å². The zero-order valence-electron chi connectivity index (χ0n) is 18.1. The summed E-state index contributed by atoms with van der Waals surface area (Å²) in [6, 6.07) is 1.24. The highest BCUT2D eigenvalue weighted by molar-refractivity contribution is 7.92. The van der Waals surface area contributed by atoms with Crippen molar-refractivity contribution in [3.63, 3.8) is 0 Å². The predicted octanol–water partition coefficient (Wildman–Crippen LogP) is 3.64. The predicted molar refractivity (Wildman–Crippen MR) is 110 cm³/mol. The van der Waals surface area contributed by atoms with Crippen LogP contribution < -0.4 is 5.32 Å². The normalized spacial score (nSPS) is 19.0. The minimum Gasteiger partial charge on any atom is -0.350 e. The van der Waals surface area contributed by atoms with E-state index in [4.69, 9.17) is 0 Å². The maximum Gasteiger partial charge on any atom is 0.417 e. The molecule has 2 aromatic rings. The summed E-state index contributed by atoms with van der Waals surface area (Å²) in [6.07, 6.45) is -9.20. The molecule has 1 aliphatic carbocycles. The summed E-state index contributed by atoms with van der Waals surface area (Å²) in [5.41, 5.74) is -3.62. The third kappa shape index (κ3) is 5.96. The summed E-state index contributed by atoms with van der Waals surface area (Å²) in [7, 11) is -8.61. The number of amides is 1. The lowest BCUT2D eigenvalue weighted by Gasteiger charge is -2.35. The molecule has 1 aromatic heterocycles. The van der Waals surface area contributed by atoms with Gasteiger partial charge in [0.1, 0.15) is 11.5 Å². The van der Waals surface area contributed by atoms with Gasteiger partial charge in [0.2, 0.25) is 0 Å². The Kier molecular flexibility index (Phi) is 7.18. The van der Waals surface area contributed by atoms with E-state index in [0.717, 1.165) is 0 Å². The zero-order valence-corrected chi connectivity index (χ0v) is 19.7. The lowest BCUT2D eigenvalue weighted by atomic mass is 9.85. The second-order valence-electron chi connectivity index (χ2n) is 8.23. The van der Waals surface area contributed by atoms with E-state index in [-0.39, 0.29) is 31.5 Å². The van der Waals surface area contributed by atoms with Crippen molar-refractivity contribution in [3.05, 3.63) is 53.1 Å². The van der Waals surface area contributed by atoms with Crippen LogP contribution in [0.3, 0.4) is 0 Å². The van der Waals surface area contributed by atoms with Gasteiger partial charge in [-0.25, -0.2) is 26.2 Å². The number of benzene rings is 1. The molecule has 1 fully saturated rings. The fraction of sp³-hybridized carbons (Fsp3) is 0.400. The number of nitrogens with one attached hydrogen (secondary N) is 1. The van der Waals surface area contributed by atoms with Crippen molar-refractivity contribution < 1.29 is 52.4 Å². The molecule has 1 aromatic carbocycles. The van der Waals surface area contributed by atoms with Gasteiger partial charge < -0.3 is 5.32 Å². The van der Waals surface area contributed by atoms with Crippen LogP contribution in [0, 0.1) is 11.7 Å². The number of hydrogen-bond donors (Lipinski definition) is 1. The maximum absolute atomic E-state index is 13.6. The van der Waals surface area contributed by atoms with Gasteiger partial charge in [0.25, 0.3) is 5.91 Å². The minimum atomic E-state index is -4.96. The van der Waals surface area contributed by atoms with Crippen LogP contribution >= 0.6 is 0 Å². The van der Waals surface area contributed by atoms with Gasteiger partial charge in [0, 0.05) is 19.0 Å². The van der Waals surface area contributed by atoms with E-state index in [1.165, 1.54) is 0 Å². The number of carbonyl (C=O) groups is 1. The molecular weight excluding hydrogens is 545 g/mol. The zero-order chi connectivity index (χ0) is 27.3. The van der Waals surface area contributed by atoms with Crippen molar-refractivity contribution in [1.29, 1.82) is 0 Å². The summed E-state index contributed by atoms with van der Waals surface area (Å²) in [4.78, 5) is 13.9. The standard InChI is InChI=1S/C20H17F7N2O5S2/c1-35(31,32)16-6-12(20(25,26)27)9-28-17(16)18(30)29-8-10-2-14(3-10)36(33,34)15-5-11(19(22,23)24)4-13(21)7-15/h4-7,9-10,14H,2-3,8H2,1H3,(H,29,30). The molecule has 0 radical (unpaired) electrons. The summed E-state index contributed by atoms with van der Waals surface area (Å²) in [5.74, 6) is -2.99. The molecule has 0 aliphatic heterocycles. The van der Waals surface area contributed by atoms with E-state index in [0.29, 0.717) is 24.6 Å². The lowest BCUT2D eigenvalue weighted by molar-refractivity contribution is -0.138. The van der Waals surface area contributed by atoms with E-state index < -0.39 is 81.5 Å². The first-order valence-corrected chi connectivity index (χ1v) is 13.4. The maximum atomic E-state index is 13.6. The summed E-state index contributed by atoms with van der Waals surface area (Å²) in [6.45, 7) is -0.215. The van der Waals surface area contributed by atoms with Crippen LogP contribution in [-0.2, 0) is 32.0 Å². The highest BCUT2D eigenvalue weighted by Crippen LogP contribution is 2.38. The Balaban J connectivity index is 1.69. The Hall–Kier alpha value is -2.75. The number of sulfone groups is 2. The van der Waals surface area contributed by atoms with Crippen LogP contribution in [-0.4, -0.2) is 45.8 Å². The fourth-order valence-corrected chi connectivity index (χ4v) is 6.39. The molecule has 1 amide bonds. The summed E-state index contributed by atoms with van der Waals surface area (Å²) in [5, 5.41) is 1.12. The Morgan fingerprint density at radius 2 is 1.56 bits per heavy atom. The number of carbonyl (C=O) groups excluding carboxylic acids is 1. The van der Waals surface area contributed by atoms with E-state index in [1.54, 1.807) is 0 Å². The molecule has 3 rings (SSSR count). The van der Waals surface area contributed by atoms with Gasteiger partial charge in [-0.05, 0) is 43.0 Å². The van der Waals surface area contributed by atoms with Gasteiger partial charge in [0.15, 0.2) is 19.7 Å². The Labute approximate surface area is 200 Å². The van der Waals surface area contributed by atoms with Crippen molar-refractivity contribution in [3.8, 4) is 0 Å². The molecule has 1 heterocycles. The van der Waals surface area contributed by atoms with Crippen LogP contribution in [0.25, 0.3) is 0 Å². The largest absolute Gasteiger partial charge is 0.417 e. The van der Waals surface area contributed by atoms with Gasteiger partial charge in [0.05, 0.1) is 26.2 Å². The number of rotatable bonds is 6. The smallest absolute Gasteiger partial charge is 0.350 e. The molecule has 0 saturated heterocycles. The molecule has 1 saturated carbocycles. The quantitative estimate of drug-likeness (QED) is 0.539. The number of alkyl halides is 6. The third-order valence-corrected chi connectivity index (χ3v) is 8.77. The van der Waals surface area contributed by atoms with E-state index in [2.05, 4.69) is 10.3 Å². The average molecular weight is 562 g/mol. The molecule has 36 heavy (non-hydrogen) atoms. The summed E-state index contributed by atoms with van der Waals surface area (Å²) >= 11 is 0. The molecule has 1 N–H and O–H groups in total. The monoisotopic (exact) mass is 562 g/mol. The van der Waals surface area contributed by atoms with Gasteiger partial charge in [-0.1, -0.05) is 0 Å². The van der Waals surface area contributed by atoms with Crippen LogP contribution in [0.2, 0.25) is 0 Å². The number of pyridine rings is 1. The number of aromatic nitrogens is 1. The number of nitrogens with zero attached hydrogens (tertiary/aromatic N) is 1. The fourth-order valence-electron chi connectivity index (χ4n) is 3.55. The number of hydrogen-bond acceptors (Lipinski definition) is 6. The highest BCUT2D eigenvalue weighted by Gasteiger charge is 2.41. The minimum absolute atomic E-state index is 0.111. The van der Waals surface area contributed by atoms with Crippen molar-refractivity contribution in [1.82, 2.24) is 10.3 Å². The topological polar surface area (TPSA) is 110 Å². The summed E-state index contributed by atoms with van der Waals surface area (Å²) < 4.78 is 140. The SMILES string of the molecule is CS(=O)(=O)c1cc(C(F)(F)F)cnc1C(=O)NCC1CC(S(=O)(=O)c2cc(F)cc(C(F)(F)F)c2)C1. The Morgan fingerprint density at radius 1 is 0.972 bits per heavy atom. The number of halogens is 7. The average Bonchev–Trinajstić information content (AvgIpc) is 2.69. The first kappa shape index (κ1) is 27.8.